The Morgan fingerprint density at radius 3 is 2.29 bits per heavy atom. The number of aliphatic hydroxyl groups is 1. The highest BCUT2D eigenvalue weighted by molar-refractivity contribution is 5.29. The van der Waals surface area contributed by atoms with Crippen LogP contribution in [0.4, 0.5) is 8.78 Å². The number of benzene rings is 1. The fraction of sp³-hybridized carbons (Fsp3) is 0.333. The van der Waals surface area contributed by atoms with Gasteiger partial charge in [0.15, 0.2) is 0 Å². The lowest BCUT2D eigenvalue weighted by Gasteiger charge is -2.09. The Labute approximate surface area is 80.1 Å². The monoisotopic (exact) mass is 203 g/mol. The Kier molecular flexibility index (Phi) is 3.79. The van der Waals surface area contributed by atoms with Gasteiger partial charge in [-0.1, -0.05) is 12.1 Å². The Bertz CT molecular complexity index is 277. The zero-order valence-corrected chi connectivity index (χ0v) is 7.36. The van der Waals surface area contributed by atoms with Gasteiger partial charge in [-0.05, 0) is 17.7 Å². The molecule has 1 rings (SSSR count). The average Bonchev–Trinajstić information content (AvgIpc) is 2.17. The summed E-state index contributed by atoms with van der Waals surface area (Å²) in [5.74, 6) is 0.0777. The van der Waals surface area contributed by atoms with Gasteiger partial charge in [0.2, 0.25) is 0 Å². The molecule has 0 spiro atoms. The van der Waals surface area contributed by atoms with E-state index in [9.17, 15) is 8.78 Å². The van der Waals surface area contributed by atoms with Crippen LogP contribution in [0.5, 0.6) is 5.75 Å². The molecule has 0 saturated carbocycles. The normalized spacial score (nSPS) is 12.9. The second-order valence-corrected chi connectivity index (χ2v) is 2.74. The van der Waals surface area contributed by atoms with Gasteiger partial charge in [0.05, 0.1) is 12.6 Å². The molecule has 0 aliphatic rings. The van der Waals surface area contributed by atoms with Crippen molar-refractivity contribution in [2.45, 2.75) is 12.7 Å². The van der Waals surface area contributed by atoms with Crippen LogP contribution in [0.3, 0.4) is 0 Å². The summed E-state index contributed by atoms with van der Waals surface area (Å²) in [6, 6.07) is 5.36. The molecular formula is C9H11F2NO2. The summed E-state index contributed by atoms with van der Waals surface area (Å²) in [6.45, 7) is -3.01. The molecule has 0 bridgehead atoms. The van der Waals surface area contributed by atoms with Crippen LogP contribution in [0.25, 0.3) is 0 Å². The fourth-order valence-corrected chi connectivity index (χ4v) is 1.00. The van der Waals surface area contributed by atoms with E-state index in [4.69, 9.17) is 10.8 Å². The highest BCUT2D eigenvalue weighted by Gasteiger charge is 2.06. The highest BCUT2D eigenvalue weighted by Crippen LogP contribution is 2.17. The van der Waals surface area contributed by atoms with Gasteiger partial charge in [0, 0.05) is 0 Å². The lowest BCUT2D eigenvalue weighted by Crippen LogP contribution is -2.14. The van der Waals surface area contributed by atoms with E-state index in [1.54, 1.807) is 12.1 Å². The molecule has 1 atom stereocenters. The zero-order valence-electron chi connectivity index (χ0n) is 7.36. The van der Waals surface area contributed by atoms with Crippen molar-refractivity contribution in [2.75, 3.05) is 6.61 Å². The lowest BCUT2D eigenvalue weighted by molar-refractivity contribution is -0.0498. The predicted octanol–water partition coefficient (Wildman–Crippen LogP) is 1.28. The van der Waals surface area contributed by atoms with Crippen molar-refractivity contribution in [3.8, 4) is 5.75 Å². The molecule has 1 aromatic rings. The van der Waals surface area contributed by atoms with E-state index in [0.717, 1.165) is 0 Å². The minimum atomic E-state index is -2.83. The zero-order chi connectivity index (χ0) is 10.6. The van der Waals surface area contributed by atoms with Crippen LogP contribution in [-0.2, 0) is 0 Å². The molecule has 0 heterocycles. The summed E-state index contributed by atoms with van der Waals surface area (Å²) in [4.78, 5) is 0. The number of hydrogen-bond donors (Lipinski definition) is 2. The number of halogens is 2. The largest absolute Gasteiger partial charge is 0.435 e. The number of aliphatic hydroxyl groups excluding tert-OH is 1. The van der Waals surface area contributed by atoms with E-state index < -0.39 is 12.7 Å². The van der Waals surface area contributed by atoms with Gasteiger partial charge in [-0.2, -0.15) is 8.78 Å². The van der Waals surface area contributed by atoms with Crippen LogP contribution in [0.2, 0.25) is 0 Å². The van der Waals surface area contributed by atoms with Gasteiger partial charge in [-0.25, -0.2) is 0 Å². The summed E-state index contributed by atoms with van der Waals surface area (Å²) >= 11 is 0. The predicted molar refractivity (Wildman–Crippen MR) is 47.1 cm³/mol. The smallest absolute Gasteiger partial charge is 0.387 e. The molecule has 14 heavy (non-hydrogen) atoms. The van der Waals surface area contributed by atoms with Crippen molar-refractivity contribution in [3.05, 3.63) is 29.8 Å². The van der Waals surface area contributed by atoms with Crippen LogP contribution in [0, 0.1) is 0 Å². The van der Waals surface area contributed by atoms with Crippen LogP contribution < -0.4 is 10.5 Å². The van der Waals surface area contributed by atoms with Crippen molar-refractivity contribution in [3.63, 3.8) is 0 Å². The molecule has 0 aliphatic carbocycles. The summed E-state index contributed by atoms with van der Waals surface area (Å²) in [6.07, 6.45) is 0. The Morgan fingerprint density at radius 1 is 1.29 bits per heavy atom. The summed E-state index contributed by atoms with van der Waals surface area (Å²) in [5.41, 5.74) is 6.18. The van der Waals surface area contributed by atoms with Gasteiger partial charge in [0.25, 0.3) is 0 Å². The fourth-order valence-electron chi connectivity index (χ4n) is 1.00. The topological polar surface area (TPSA) is 55.5 Å². The molecule has 0 radical (unpaired) electrons. The van der Waals surface area contributed by atoms with Gasteiger partial charge in [0.1, 0.15) is 5.75 Å². The van der Waals surface area contributed by atoms with Crippen LogP contribution >= 0.6 is 0 Å². The Hall–Kier alpha value is -1.20. The lowest BCUT2D eigenvalue weighted by atomic mass is 10.1. The molecule has 0 unspecified atom stereocenters. The second kappa shape index (κ2) is 4.88. The van der Waals surface area contributed by atoms with Crippen molar-refractivity contribution in [1.29, 1.82) is 0 Å². The number of hydrogen-bond acceptors (Lipinski definition) is 3. The van der Waals surface area contributed by atoms with Crippen LogP contribution in [0.1, 0.15) is 11.6 Å². The van der Waals surface area contributed by atoms with Crippen molar-refractivity contribution in [2.24, 2.45) is 5.73 Å². The maximum absolute atomic E-state index is 11.8. The average molecular weight is 203 g/mol. The SMILES string of the molecule is N[C@@H](CO)c1ccc(OC(F)F)cc1. The first-order chi connectivity index (χ1) is 6.63. The molecule has 3 nitrogen and oxygen atoms in total. The molecule has 0 saturated heterocycles. The van der Waals surface area contributed by atoms with E-state index in [-0.39, 0.29) is 12.4 Å². The number of ether oxygens (including phenoxy) is 1. The minimum Gasteiger partial charge on any atom is -0.435 e. The Balaban J connectivity index is 2.68. The van der Waals surface area contributed by atoms with Crippen molar-refractivity contribution in [1.82, 2.24) is 0 Å². The molecule has 0 aromatic heterocycles. The van der Waals surface area contributed by atoms with Crippen molar-refractivity contribution < 1.29 is 18.6 Å². The van der Waals surface area contributed by atoms with Crippen LogP contribution in [0.15, 0.2) is 24.3 Å². The molecule has 0 aliphatic heterocycles. The third-order valence-corrected chi connectivity index (χ3v) is 1.73. The molecular weight excluding hydrogens is 192 g/mol. The van der Waals surface area contributed by atoms with E-state index in [0.29, 0.717) is 5.56 Å². The van der Waals surface area contributed by atoms with Gasteiger partial charge >= 0.3 is 6.61 Å². The first-order valence-electron chi connectivity index (χ1n) is 4.04. The van der Waals surface area contributed by atoms with E-state index in [2.05, 4.69) is 4.74 Å². The molecule has 78 valence electrons. The summed E-state index contributed by atoms with van der Waals surface area (Å²) in [5, 5.41) is 8.73. The molecule has 0 amide bonds. The first-order valence-corrected chi connectivity index (χ1v) is 4.04. The standard InChI is InChI=1S/C9H11F2NO2/c10-9(11)14-7-3-1-6(2-4-7)8(12)5-13/h1-4,8-9,13H,5,12H2/t8-/m0/s1. The molecule has 3 N–H and O–H groups in total. The third kappa shape index (κ3) is 2.93. The van der Waals surface area contributed by atoms with Gasteiger partial charge < -0.3 is 15.6 Å². The first kappa shape index (κ1) is 10.9. The maximum atomic E-state index is 11.8. The number of alkyl halides is 2. The molecule has 5 heteroatoms. The maximum Gasteiger partial charge on any atom is 0.387 e. The minimum absolute atomic E-state index is 0.0777. The summed E-state index contributed by atoms with van der Waals surface area (Å²) < 4.78 is 27.7. The third-order valence-electron chi connectivity index (χ3n) is 1.73. The van der Waals surface area contributed by atoms with E-state index in [1.807, 2.05) is 0 Å². The van der Waals surface area contributed by atoms with Gasteiger partial charge in [-0.15, -0.1) is 0 Å². The second-order valence-electron chi connectivity index (χ2n) is 2.74. The molecule has 0 fully saturated rings. The van der Waals surface area contributed by atoms with Gasteiger partial charge in [-0.3, -0.25) is 0 Å². The highest BCUT2D eigenvalue weighted by atomic mass is 19.3. The van der Waals surface area contributed by atoms with E-state index >= 15 is 0 Å². The summed E-state index contributed by atoms with van der Waals surface area (Å²) in [7, 11) is 0. The quantitative estimate of drug-likeness (QED) is 0.775. The van der Waals surface area contributed by atoms with E-state index in [1.165, 1.54) is 12.1 Å². The number of nitrogens with two attached hydrogens (primary N) is 1. The number of rotatable bonds is 4. The Morgan fingerprint density at radius 2 is 1.86 bits per heavy atom. The van der Waals surface area contributed by atoms with Crippen LogP contribution in [-0.4, -0.2) is 18.3 Å². The molecule has 1 aromatic carbocycles. The van der Waals surface area contributed by atoms with Crippen molar-refractivity contribution >= 4 is 0 Å².